The van der Waals surface area contributed by atoms with Crippen molar-refractivity contribution in [2.75, 3.05) is 50.6 Å². The summed E-state index contributed by atoms with van der Waals surface area (Å²) in [5.41, 5.74) is 3.53. The molecule has 7 nitrogen and oxygen atoms in total. The van der Waals surface area contributed by atoms with Crippen molar-refractivity contribution in [1.29, 1.82) is 0 Å². The fourth-order valence-electron chi connectivity index (χ4n) is 3.86. The van der Waals surface area contributed by atoms with Gasteiger partial charge in [-0.3, -0.25) is 9.59 Å². The van der Waals surface area contributed by atoms with Crippen LogP contribution < -0.4 is 20.3 Å². The number of nitrogens with one attached hydrogen (secondary N) is 2. The number of rotatable bonds is 7. The molecule has 1 heterocycles. The predicted molar refractivity (Wildman–Crippen MR) is 129 cm³/mol. The summed E-state index contributed by atoms with van der Waals surface area (Å²) in [5.74, 6) is 0.0923. The summed E-state index contributed by atoms with van der Waals surface area (Å²) >= 11 is 0. The number of piperazine rings is 1. The second-order valence-corrected chi connectivity index (χ2v) is 8.70. The average Bonchev–Trinajstić information content (AvgIpc) is 2.78. The van der Waals surface area contributed by atoms with Crippen LogP contribution in [0.4, 0.5) is 11.4 Å². The third-order valence-corrected chi connectivity index (χ3v) is 5.90. The molecule has 1 fully saturated rings. The molecule has 1 aliphatic rings. The molecule has 3 rings (SSSR count). The van der Waals surface area contributed by atoms with E-state index in [2.05, 4.69) is 40.5 Å². The molecule has 0 aliphatic carbocycles. The van der Waals surface area contributed by atoms with Gasteiger partial charge in [-0.15, -0.1) is 0 Å². The van der Waals surface area contributed by atoms with Crippen LogP contribution in [0.15, 0.2) is 42.5 Å². The lowest BCUT2D eigenvalue weighted by atomic mass is 10.0. The number of anilines is 2. The quantitative estimate of drug-likeness (QED) is 0.695. The summed E-state index contributed by atoms with van der Waals surface area (Å²) in [7, 11) is 3.72. The van der Waals surface area contributed by atoms with Crippen LogP contribution in [0, 0.1) is 12.8 Å². The Hall–Kier alpha value is -3.06. The molecule has 0 saturated carbocycles. The molecule has 2 N–H and O–H groups in total. The Morgan fingerprint density at radius 1 is 1.00 bits per heavy atom. The molecule has 1 saturated heterocycles. The zero-order valence-corrected chi connectivity index (χ0v) is 19.6. The summed E-state index contributed by atoms with van der Waals surface area (Å²) in [4.78, 5) is 30.4. The van der Waals surface area contributed by atoms with Gasteiger partial charge in [-0.25, -0.2) is 0 Å². The molecule has 1 aliphatic heterocycles. The molecule has 32 heavy (non-hydrogen) atoms. The molecule has 0 aromatic heterocycles. The van der Waals surface area contributed by atoms with Crippen molar-refractivity contribution in [1.82, 2.24) is 10.2 Å². The Bertz CT molecular complexity index is 935. The Labute approximate surface area is 190 Å². The highest BCUT2D eigenvalue weighted by atomic mass is 16.5. The van der Waals surface area contributed by atoms with Gasteiger partial charge in [-0.05, 0) is 67.9 Å². The van der Waals surface area contributed by atoms with Gasteiger partial charge in [0.15, 0.2) is 0 Å². The van der Waals surface area contributed by atoms with Gasteiger partial charge in [0.1, 0.15) is 11.8 Å². The number of aryl methyl sites for hydroxylation is 1. The Balaban J connectivity index is 1.66. The molecule has 0 spiro atoms. The fraction of sp³-hybridized carbons (Fsp3) is 0.440. The zero-order valence-electron chi connectivity index (χ0n) is 19.6. The van der Waals surface area contributed by atoms with E-state index in [0.29, 0.717) is 11.3 Å². The summed E-state index contributed by atoms with van der Waals surface area (Å²) in [6, 6.07) is 12.2. The first-order valence-electron chi connectivity index (χ1n) is 11.1. The van der Waals surface area contributed by atoms with Gasteiger partial charge in [0, 0.05) is 43.1 Å². The van der Waals surface area contributed by atoms with Crippen LogP contribution in [0.3, 0.4) is 0 Å². The molecule has 1 atom stereocenters. The van der Waals surface area contributed by atoms with Crippen molar-refractivity contribution >= 4 is 23.2 Å². The lowest BCUT2D eigenvalue weighted by Crippen LogP contribution is -2.47. The van der Waals surface area contributed by atoms with E-state index in [0.717, 1.165) is 37.4 Å². The number of likely N-dealkylation sites (N-methyl/N-ethyl adjacent to an activating group) is 1. The molecule has 7 heteroatoms. The lowest BCUT2D eigenvalue weighted by Gasteiger charge is -2.35. The van der Waals surface area contributed by atoms with Crippen LogP contribution in [0.5, 0.6) is 5.75 Å². The maximum atomic E-state index is 13.0. The molecule has 2 aromatic carbocycles. The van der Waals surface area contributed by atoms with Crippen molar-refractivity contribution in [2.24, 2.45) is 5.92 Å². The van der Waals surface area contributed by atoms with Crippen LogP contribution in [0.1, 0.15) is 29.8 Å². The van der Waals surface area contributed by atoms with Crippen LogP contribution in [-0.4, -0.2) is 63.1 Å². The number of amides is 2. The van der Waals surface area contributed by atoms with Crippen molar-refractivity contribution in [2.45, 2.75) is 26.8 Å². The Morgan fingerprint density at radius 3 is 2.22 bits per heavy atom. The predicted octanol–water partition coefficient (Wildman–Crippen LogP) is 3.15. The summed E-state index contributed by atoms with van der Waals surface area (Å²) in [6.45, 7) is 9.98. The number of benzene rings is 2. The van der Waals surface area contributed by atoms with E-state index in [1.165, 1.54) is 5.69 Å². The van der Waals surface area contributed by atoms with Gasteiger partial charge in [0.05, 0.1) is 7.11 Å². The van der Waals surface area contributed by atoms with Crippen LogP contribution >= 0.6 is 0 Å². The molecule has 0 radical (unpaired) electrons. The molecule has 172 valence electrons. The number of nitrogens with zero attached hydrogens (tertiary/aromatic N) is 2. The van der Waals surface area contributed by atoms with Gasteiger partial charge >= 0.3 is 0 Å². The van der Waals surface area contributed by atoms with Crippen molar-refractivity contribution in [3.05, 3.63) is 53.6 Å². The number of methoxy groups -OCH3 is 1. The van der Waals surface area contributed by atoms with Gasteiger partial charge in [0.25, 0.3) is 5.91 Å². The smallest absolute Gasteiger partial charge is 0.251 e. The highest BCUT2D eigenvalue weighted by Crippen LogP contribution is 2.25. The monoisotopic (exact) mass is 438 g/mol. The fourth-order valence-corrected chi connectivity index (χ4v) is 3.86. The van der Waals surface area contributed by atoms with E-state index < -0.39 is 6.04 Å². The van der Waals surface area contributed by atoms with Gasteiger partial charge in [-0.1, -0.05) is 13.8 Å². The van der Waals surface area contributed by atoms with E-state index in [1.807, 2.05) is 26.0 Å². The SMILES string of the molecule is COc1ccc(C(=O)NC(C(=O)Nc2ccc(N3CCN(C)CC3)c(C)c2)C(C)C)cc1. The van der Waals surface area contributed by atoms with Gasteiger partial charge in [-0.2, -0.15) is 0 Å². The third-order valence-electron chi connectivity index (χ3n) is 5.90. The number of carbonyl (C=O) groups is 2. The molecule has 2 aromatic rings. The second kappa shape index (κ2) is 10.5. The first kappa shape index (κ1) is 23.6. The van der Waals surface area contributed by atoms with Crippen LogP contribution in [-0.2, 0) is 4.79 Å². The number of hydrogen-bond donors (Lipinski definition) is 2. The second-order valence-electron chi connectivity index (χ2n) is 8.70. The van der Waals surface area contributed by atoms with E-state index >= 15 is 0 Å². The Morgan fingerprint density at radius 2 is 1.66 bits per heavy atom. The van der Waals surface area contributed by atoms with Crippen LogP contribution in [0.2, 0.25) is 0 Å². The average molecular weight is 439 g/mol. The lowest BCUT2D eigenvalue weighted by molar-refractivity contribution is -0.118. The summed E-state index contributed by atoms with van der Waals surface area (Å²) in [6.07, 6.45) is 0. The summed E-state index contributed by atoms with van der Waals surface area (Å²) < 4.78 is 5.13. The van der Waals surface area contributed by atoms with Gasteiger partial charge in [0.2, 0.25) is 5.91 Å². The molecular formula is C25H34N4O3. The zero-order chi connectivity index (χ0) is 23.3. The minimum atomic E-state index is -0.651. The number of hydrogen-bond acceptors (Lipinski definition) is 5. The largest absolute Gasteiger partial charge is 0.497 e. The van der Waals surface area contributed by atoms with E-state index in [9.17, 15) is 9.59 Å². The molecule has 2 amide bonds. The van der Waals surface area contributed by atoms with Crippen molar-refractivity contribution < 1.29 is 14.3 Å². The normalized spacial score (nSPS) is 15.4. The minimum Gasteiger partial charge on any atom is -0.497 e. The number of carbonyl (C=O) groups excluding carboxylic acids is 2. The maximum absolute atomic E-state index is 13.0. The highest BCUT2D eigenvalue weighted by molar-refractivity contribution is 6.01. The number of ether oxygens (including phenoxy) is 1. The van der Waals surface area contributed by atoms with Crippen LogP contribution in [0.25, 0.3) is 0 Å². The topological polar surface area (TPSA) is 73.9 Å². The van der Waals surface area contributed by atoms with E-state index in [4.69, 9.17) is 4.74 Å². The van der Waals surface area contributed by atoms with E-state index in [1.54, 1.807) is 31.4 Å². The first-order chi connectivity index (χ1) is 15.3. The molecular weight excluding hydrogens is 404 g/mol. The minimum absolute atomic E-state index is 0.0668. The first-order valence-corrected chi connectivity index (χ1v) is 11.1. The highest BCUT2D eigenvalue weighted by Gasteiger charge is 2.25. The standard InChI is InChI=1S/C25H34N4O3/c1-17(2)23(27-24(30)19-6-9-21(32-5)10-7-19)25(31)26-20-8-11-22(18(3)16-20)29-14-12-28(4)13-15-29/h6-11,16-17,23H,12-15H2,1-5H3,(H,26,31)(H,27,30). The maximum Gasteiger partial charge on any atom is 0.251 e. The van der Waals surface area contributed by atoms with Crippen molar-refractivity contribution in [3.63, 3.8) is 0 Å². The van der Waals surface area contributed by atoms with Gasteiger partial charge < -0.3 is 25.2 Å². The molecule has 0 bridgehead atoms. The third kappa shape index (κ3) is 5.79. The molecule has 1 unspecified atom stereocenters. The Kier molecular flexibility index (Phi) is 7.75. The van der Waals surface area contributed by atoms with Crippen molar-refractivity contribution in [3.8, 4) is 5.75 Å². The summed E-state index contributed by atoms with van der Waals surface area (Å²) in [5, 5.41) is 5.84. The van der Waals surface area contributed by atoms with E-state index in [-0.39, 0.29) is 17.7 Å².